The molecule has 1 aromatic carbocycles. The first-order valence-corrected chi connectivity index (χ1v) is 8.53. The van der Waals surface area contributed by atoms with Gasteiger partial charge in [0.05, 0.1) is 18.7 Å². The fraction of sp³-hybridized carbons (Fsp3) is 0.533. The van der Waals surface area contributed by atoms with Crippen molar-refractivity contribution in [1.82, 2.24) is 5.32 Å². The van der Waals surface area contributed by atoms with Crippen LogP contribution in [0.2, 0.25) is 5.02 Å². The second-order valence-corrected chi connectivity index (χ2v) is 6.71. The maximum absolute atomic E-state index is 5.84. The van der Waals surface area contributed by atoms with Gasteiger partial charge in [-0.3, -0.25) is 4.99 Å². The van der Waals surface area contributed by atoms with Crippen molar-refractivity contribution in [3.05, 3.63) is 29.3 Å². The number of aliphatic imine (C=N–C) groups is 1. The lowest BCUT2D eigenvalue weighted by atomic mass is 9.92. The van der Waals surface area contributed by atoms with Crippen LogP contribution in [0, 0.1) is 0 Å². The monoisotopic (exact) mass is 310 g/mol. The van der Waals surface area contributed by atoms with E-state index in [4.69, 9.17) is 21.3 Å². The molecule has 3 rings (SSSR count). The Balaban J connectivity index is 1.39. The van der Waals surface area contributed by atoms with Crippen molar-refractivity contribution in [2.75, 3.05) is 12.4 Å². The molecule has 0 amide bonds. The van der Waals surface area contributed by atoms with Crippen LogP contribution in [0.5, 0.6) is 5.75 Å². The molecule has 0 radical (unpaired) electrons. The second-order valence-electron chi connectivity index (χ2n) is 5.19. The average Bonchev–Trinajstić information content (AvgIpc) is 2.88. The lowest BCUT2D eigenvalue weighted by Crippen LogP contribution is -2.36. The number of halogens is 1. The summed E-state index contributed by atoms with van der Waals surface area (Å²) in [6.07, 6.45) is 5.16. The lowest BCUT2D eigenvalue weighted by Gasteiger charge is -2.23. The maximum atomic E-state index is 5.84. The minimum Gasteiger partial charge on any atom is -0.493 e. The number of thioether (sulfide) groups is 1. The summed E-state index contributed by atoms with van der Waals surface area (Å²) >= 11 is 7.60. The van der Waals surface area contributed by atoms with Crippen molar-refractivity contribution >= 4 is 28.5 Å². The quantitative estimate of drug-likeness (QED) is 0.861. The van der Waals surface area contributed by atoms with E-state index in [1.807, 2.05) is 24.3 Å². The molecule has 1 aliphatic carbocycles. The van der Waals surface area contributed by atoms with Crippen molar-refractivity contribution < 1.29 is 4.74 Å². The summed E-state index contributed by atoms with van der Waals surface area (Å²) in [5.74, 6) is 1.78. The first-order chi connectivity index (χ1) is 9.81. The van der Waals surface area contributed by atoms with Crippen LogP contribution in [0.3, 0.4) is 0 Å². The molecule has 1 fully saturated rings. The average molecular weight is 311 g/mol. The topological polar surface area (TPSA) is 33.6 Å². The van der Waals surface area contributed by atoms with E-state index in [2.05, 4.69) is 5.32 Å². The van der Waals surface area contributed by atoms with Gasteiger partial charge in [-0.05, 0) is 37.1 Å². The summed E-state index contributed by atoms with van der Waals surface area (Å²) in [6, 6.07) is 8.58. The first kappa shape index (κ1) is 14.1. The van der Waals surface area contributed by atoms with Gasteiger partial charge < -0.3 is 10.1 Å². The Morgan fingerprint density at radius 2 is 2.05 bits per heavy atom. The summed E-state index contributed by atoms with van der Waals surface area (Å²) in [7, 11) is 0. The van der Waals surface area contributed by atoms with E-state index in [1.54, 1.807) is 11.8 Å². The van der Waals surface area contributed by atoms with Crippen LogP contribution in [0.15, 0.2) is 29.3 Å². The second kappa shape index (κ2) is 6.72. The van der Waals surface area contributed by atoms with Crippen molar-refractivity contribution in [2.24, 2.45) is 4.99 Å². The van der Waals surface area contributed by atoms with Crippen LogP contribution in [0.25, 0.3) is 0 Å². The number of benzene rings is 1. The zero-order valence-electron chi connectivity index (χ0n) is 11.3. The van der Waals surface area contributed by atoms with Crippen LogP contribution < -0.4 is 10.1 Å². The summed E-state index contributed by atoms with van der Waals surface area (Å²) in [4.78, 5) is 4.76. The molecular formula is C15H19ClN2OS. The molecule has 5 heteroatoms. The summed E-state index contributed by atoms with van der Waals surface area (Å²) in [5, 5.41) is 5.37. The Labute approximate surface area is 129 Å². The van der Waals surface area contributed by atoms with Gasteiger partial charge in [0.25, 0.3) is 0 Å². The third kappa shape index (κ3) is 3.61. The smallest absolute Gasteiger partial charge is 0.157 e. The fourth-order valence-electron chi connectivity index (χ4n) is 2.69. The molecule has 1 aromatic rings. The molecule has 0 aromatic heterocycles. The molecular weight excluding hydrogens is 292 g/mol. The van der Waals surface area contributed by atoms with Gasteiger partial charge in [0.15, 0.2) is 5.17 Å². The maximum Gasteiger partial charge on any atom is 0.157 e. The molecule has 1 aliphatic heterocycles. The number of nitrogens with zero attached hydrogens (tertiary/aromatic N) is 1. The molecule has 20 heavy (non-hydrogen) atoms. The highest BCUT2D eigenvalue weighted by Crippen LogP contribution is 2.27. The van der Waals surface area contributed by atoms with E-state index in [9.17, 15) is 0 Å². The molecule has 3 nitrogen and oxygen atoms in total. The minimum absolute atomic E-state index is 0.517. The SMILES string of the molecule is Clc1ccc(OCCSC2=N[C@H]3CCCC[C@@H]3N2)cc1. The summed E-state index contributed by atoms with van der Waals surface area (Å²) < 4.78 is 5.68. The number of hydrogen-bond acceptors (Lipinski definition) is 4. The van der Waals surface area contributed by atoms with E-state index in [-0.39, 0.29) is 0 Å². The van der Waals surface area contributed by atoms with Crippen LogP contribution >= 0.6 is 23.4 Å². The van der Waals surface area contributed by atoms with Crippen LogP contribution in [-0.4, -0.2) is 29.6 Å². The third-order valence-electron chi connectivity index (χ3n) is 3.73. The molecule has 0 bridgehead atoms. The molecule has 0 saturated heterocycles. The Kier molecular flexibility index (Phi) is 4.73. The van der Waals surface area contributed by atoms with Gasteiger partial charge in [-0.15, -0.1) is 0 Å². The zero-order valence-corrected chi connectivity index (χ0v) is 12.9. The summed E-state index contributed by atoms with van der Waals surface area (Å²) in [6.45, 7) is 0.683. The number of fused-ring (bicyclic) bond motifs is 1. The number of nitrogens with one attached hydrogen (secondary N) is 1. The third-order valence-corrected chi connectivity index (χ3v) is 4.85. The van der Waals surface area contributed by atoms with Crippen molar-refractivity contribution in [2.45, 2.75) is 37.8 Å². The van der Waals surface area contributed by atoms with Crippen molar-refractivity contribution in [3.63, 3.8) is 0 Å². The van der Waals surface area contributed by atoms with E-state index in [1.165, 1.54) is 25.7 Å². The molecule has 1 saturated carbocycles. The van der Waals surface area contributed by atoms with Gasteiger partial charge in [0.2, 0.25) is 0 Å². The van der Waals surface area contributed by atoms with Gasteiger partial charge in [0.1, 0.15) is 5.75 Å². The van der Waals surface area contributed by atoms with Gasteiger partial charge in [-0.1, -0.05) is 36.2 Å². The molecule has 2 atom stereocenters. The van der Waals surface area contributed by atoms with Gasteiger partial charge in [-0.2, -0.15) is 0 Å². The highest BCUT2D eigenvalue weighted by Gasteiger charge is 2.30. The van der Waals surface area contributed by atoms with E-state index in [0.29, 0.717) is 18.7 Å². The number of amidine groups is 1. The zero-order chi connectivity index (χ0) is 13.8. The molecule has 108 valence electrons. The van der Waals surface area contributed by atoms with E-state index >= 15 is 0 Å². The van der Waals surface area contributed by atoms with E-state index < -0.39 is 0 Å². The Bertz CT molecular complexity index is 477. The Morgan fingerprint density at radius 3 is 2.85 bits per heavy atom. The molecule has 0 spiro atoms. The molecule has 1 N–H and O–H groups in total. The van der Waals surface area contributed by atoms with Gasteiger partial charge in [-0.25, -0.2) is 0 Å². The van der Waals surface area contributed by atoms with Crippen LogP contribution in [-0.2, 0) is 0 Å². The van der Waals surface area contributed by atoms with Gasteiger partial charge in [0, 0.05) is 10.8 Å². The number of hydrogen-bond donors (Lipinski definition) is 1. The lowest BCUT2D eigenvalue weighted by molar-refractivity contribution is 0.344. The predicted octanol–water partition coefficient (Wildman–Crippen LogP) is 3.72. The predicted molar refractivity (Wildman–Crippen MR) is 86.0 cm³/mol. The van der Waals surface area contributed by atoms with Crippen LogP contribution in [0.1, 0.15) is 25.7 Å². The number of rotatable bonds is 4. The standard InChI is InChI=1S/C15H19ClN2OS/c16-11-5-7-12(8-6-11)19-9-10-20-15-17-13-3-1-2-4-14(13)18-15/h5-8,13-14H,1-4,9-10H2,(H,17,18)/t13-,14-/m0/s1. The Morgan fingerprint density at radius 1 is 1.25 bits per heavy atom. The fourth-order valence-corrected chi connectivity index (χ4v) is 3.62. The molecule has 0 unspecified atom stereocenters. The summed E-state index contributed by atoms with van der Waals surface area (Å²) in [5.41, 5.74) is 0. The largest absolute Gasteiger partial charge is 0.493 e. The van der Waals surface area contributed by atoms with Crippen molar-refractivity contribution in [1.29, 1.82) is 0 Å². The highest BCUT2D eigenvalue weighted by molar-refractivity contribution is 8.13. The Hall–Kier alpha value is -0.870. The molecule has 2 aliphatic rings. The highest BCUT2D eigenvalue weighted by atomic mass is 35.5. The van der Waals surface area contributed by atoms with Crippen LogP contribution in [0.4, 0.5) is 0 Å². The first-order valence-electron chi connectivity index (χ1n) is 7.17. The normalized spacial score (nSPS) is 24.8. The molecule has 1 heterocycles. The minimum atomic E-state index is 0.517. The van der Waals surface area contributed by atoms with E-state index in [0.717, 1.165) is 21.7 Å². The van der Waals surface area contributed by atoms with Crippen molar-refractivity contribution in [3.8, 4) is 5.75 Å². The number of ether oxygens (including phenoxy) is 1. The van der Waals surface area contributed by atoms with Gasteiger partial charge >= 0.3 is 0 Å².